The number of ether oxygens (including phenoxy) is 4. The molecular formula is C8H4Cl6N2O8. The second-order valence-corrected chi connectivity index (χ2v) is 8.28. The molecule has 0 saturated carbocycles. The summed E-state index contributed by atoms with van der Waals surface area (Å²) in [6.45, 7) is -1.45. The first-order chi connectivity index (χ1) is 10.8. The van der Waals surface area contributed by atoms with Gasteiger partial charge in [0.1, 0.15) is 13.2 Å². The molecule has 0 aromatic heterocycles. The van der Waals surface area contributed by atoms with Gasteiger partial charge in [-0.15, -0.1) is 0 Å². The molecule has 0 rings (SSSR count). The molecule has 16 heteroatoms. The lowest BCUT2D eigenvalue weighted by atomic mass is 10.8. The molecule has 0 aromatic carbocycles. The third-order valence-corrected chi connectivity index (χ3v) is 1.92. The van der Waals surface area contributed by atoms with Crippen LogP contribution in [0.1, 0.15) is 0 Å². The molecule has 0 aliphatic heterocycles. The van der Waals surface area contributed by atoms with E-state index in [1.54, 1.807) is 0 Å². The Morgan fingerprint density at radius 2 is 0.958 bits per heavy atom. The number of carbonyl (C=O) groups is 4. The Labute approximate surface area is 163 Å². The number of alkyl halides is 6. The quantitative estimate of drug-likeness (QED) is 0.246. The fourth-order valence-electron chi connectivity index (χ4n) is 0.605. The molecule has 0 atom stereocenters. The highest BCUT2D eigenvalue weighted by molar-refractivity contribution is 6.68. The fraction of sp³-hybridized carbons (Fsp3) is 0.500. The predicted octanol–water partition coefficient (Wildman–Crippen LogP) is 4.73. The number of azo groups is 1. The highest BCUT2D eigenvalue weighted by Crippen LogP contribution is 2.26. The Morgan fingerprint density at radius 3 is 1.21 bits per heavy atom. The minimum Gasteiger partial charge on any atom is -0.429 e. The average Bonchev–Trinajstić information content (AvgIpc) is 2.39. The molecule has 0 unspecified atom stereocenters. The molecule has 0 bridgehead atoms. The van der Waals surface area contributed by atoms with Crippen LogP contribution >= 0.6 is 69.6 Å². The molecule has 0 fully saturated rings. The highest BCUT2D eigenvalue weighted by atomic mass is 35.6. The second-order valence-electron chi connectivity index (χ2n) is 3.24. The number of carbonyl (C=O) groups excluding carboxylic acids is 4. The van der Waals surface area contributed by atoms with Crippen molar-refractivity contribution in [2.24, 2.45) is 10.2 Å². The first-order valence-corrected chi connectivity index (χ1v) is 7.37. The molecule has 0 aromatic rings. The summed E-state index contributed by atoms with van der Waals surface area (Å²) in [4.78, 5) is 43.8. The van der Waals surface area contributed by atoms with Crippen LogP contribution in [-0.4, -0.2) is 45.3 Å². The molecule has 10 nitrogen and oxygen atoms in total. The zero-order valence-electron chi connectivity index (χ0n) is 10.8. The Kier molecular flexibility index (Phi) is 9.93. The van der Waals surface area contributed by atoms with Crippen molar-refractivity contribution in [3.8, 4) is 0 Å². The summed E-state index contributed by atoms with van der Waals surface area (Å²) in [5.41, 5.74) is 0. The molecule has 24 heavy (non-hydrogen) atoms. The van der Waals surface area contributed by atoms with Crippen LogP contribution in [0.5, 0.6) is 0 Å². The van der Waals surface area contributed by atoms with Gasteiger partial charge in [0.05, 0.1) is 0 Å². The zero-order valence-corrected chi connectivity index (χ0v) is 15.4. The summed E-state index contributed by atoms with van der Waals surface area (Å²) in [5.74, 6) is 0. The van der Waals surface area contributed by atoms with Crippen molar-refractivity contribution < 1.29 is 38.1 Å². The Bertz CT molecular complexity index is 482. The summed E-state index contributed by atoms with van der Waals surface area (Å²) in [6, 6.07) is 0. The van der Waals surface area contributed by atoms with Gasteiger partial charge in [-0.25, -0.2) is 19.2 Å². The highest BCUT2D eigenvalue weighted by Gasteiger charge is 2.25. The van der Waals surface area contributed by atoms with Crippen LogP contribution in [0.4, 0.5) is 19.2 Å². The first kappa shape index (κ1) is 23.2. The summed E-state index contributed by atoms with van der Waals surface area (Å²) in [6.07, 6.45) is -6.53. The largest absolute Gasteiger partial charge is 0.517 e. The lowest BCUT2D eigenvalue weighted by Crippen LogP contribution is -2.20. The van der Waals surface area contributed by atoms with Gasteiger partial charge in [0.2, 0.25) is 7.59 Å². The lowest BCUT2D eigenvalue weighted by Gasteiger charge is -2.09. The molecule has 0 spiro atoms. The zero-order chi connectivity index (χ0) is 19.0. The van der Waals surface area contributed by atoms with Crippen molar-refractivity contribution in [3.63, 3.8) is 0 Å². The van der Waals surface area contributed by atoms with E-state index in [1.165, 1.54) is 0 Å². The van der Waals surface area contributed by atoms with E-state index in [1.807, 2.05) is 0 Å². The number of halogens is 6. The number of hydrogen-bond acceptors (Lipinski definition) is 8. The Hall–Kier alpha value is -0.780. The van der Waals surface area contributed by atoms with E-state index in [2.05, 4.69) is 29.2 Å². The van der Waals surface area contributed by atoms with Crippen LogP contribution in [0.15, 0.2) is 10.2 Å². The van der Waals surface area contributed by atoms with Crippen LogP contribution in [0.2, 0.25) is 0 Å². The maximum Gasteiger partial charge on any atom is 0.517 e. The van der Waals surface area contributed by atoms with Crippen molar-refractivity contribution >= 4 is 94.1 Å². The molecule has 0 aliphatic carbocycles. The summed E-state index contributed by atoms with van der Waals surface area (Å²) >= 11 is 31.6. The standard InChI is InChI=1S/C8H4Cl6N2O8/c9-7(10,11)1-21-5(19)23-3(17)15-16-4(18)24-6(20)22-2-8(12,13)14/h1-2H2. The minimum absolute atomic E-state index is 0.724. The predicted molar refractivity (Wildman–Crippen MR) is 81.1 cm³/mol. The molecule has 0 heterocycles. The summed E-state index contributed by atoms with van der Waals surface area (Å²) in [7, 11) is 0. The molecule has 0 radical (unpaired) electrons. The smallest absolute Gasteiger partial charge is 0.429 e. The van der Waals surface area contributed by atoms with Gasteiger partial charge >= 0.3 is 24.5 Å². The number of nitrogens with zero attached hydrogens (tertiary/aromatic N) is 2. The second kappa shape index (κ2) is 10.3. The molecule has 2 amide bonds. The van der Waals surface area contributed by atoms with Crippen molar-refractivity contribution in [2.45, 2.75) is 7.59 Å². The van der Waals surface area contributed by atoms with Crippen molar-refractivity contribution in [1.82, 2.24) is 0 Å². The number of amides is 2. The Balaban J connectivity index is 4.19. The number of hydrogen-bond donors (Lipinski definition) is 0. The van der Waals surface area contributed by atoms with E-state index in [-0.39, 0.29) is 0 Å². The van der Waals surface area contributed by atoms with E-state index >= 15 is 0 Å². The normalized spacial score (nSPS) is 11.8. The SMILES string of the molecule is O=C(N=NC(=O)OC(=O)OCC(Cl)(Cl)Cl)OC(=O)OCC(Cl)(Cl)Cl. The van der Waals surface area contributed by atoms with Gasteiger partial charge in [-0.1, -0.05) is 79.8 Å². The van der Waals surface area contributed by atoms with E-state index < -0.39 is 45.3 Å². The molecule has 0 saturated heterocycles. The van der Waals surface area contributed by atoms with Crippen LogP contribution < -0.4 is 0 Å². The maximum absolute atomic E-state index is 11.0. The van der Waals surface area contributed by atoms with Gasteiger partial charge in [0.15, 0.2) is 0 Å². The molecular weight excluding hydrogens is 465 g/mol. The molecule has 0 N–H and O–H groups in total. The van der Waals surface area contributed by atoms with Gasteiger partial charge in [-0.05, 0) is 0 Å². The van der Waals surface area contributed by atoms with E-state index in [0.29, 0.717) is 0 Å². The van der Waals surface area contributed by atoms with Gasteiger partial charge in [-0.3, -0.25) is 0 Å². The Morgan fingerprint density at radius 1 is 0.667 bits per heavy atom. The van der Waals surface area contributed by atoms with Crippen LogP contribution in [0.3, 0.4) is 0 Å². The van der Waals surface area contributed by atoms with Crippen LogP contribution in [0.25, 0.3) is 0 Å². The lowest BCUT2D eigenvalue weighted by molar-refractivity contribution is 0.0748. The van der Waals surface area contributed by atoms with E-state index in [0.717, 1.165) is 0 Å². The van der Waals surface area contributed by atoms with Gasteiger partial charge < -0.3 is 18.9 Å². The monoisotopic (exact) mass is 466 g/mol. The van der Waals surface area contributed by atoms with Crippen molar-refractivity contribution in [1.29, 1.82) is 0 Å². The topological polar surface area (TPSA) is 130 Å². The van der Waals surface area contributed by atoms with Crippen molar-refractivity contribution in [3.05, 3.63) is 0 Å². The number of rotatable bonds is 2. The van der Waals surface area contributed by atoms with Crippen molar-refractivity contribution in [2.75, 3.05) is 13.2 Å². The third-order valence-electron chi connectivity index (χ3n) is 1.26. The third kappa shape index (κ3) is 14.8. The van der Waals surface area contributed by atoms with Gasteiger partial charge in [0, 0.05) is 0 Å². The molecule has 136 valence electrons. The van der Waals surface area contributed by atoms with Gasteiger partial charge in [-0.2, -0.15) is 0 Å². The first-order valence-electron chi connectivity index (χ1n) is 5.11. The summed E-state index contributed by atoms with van der Waals surface area (Å²) < 4.78 is 12.3. The van der Waals surface area contributed by atoms with E-state index in [9.17, 15) is 19.2 Å². The van der Waals surface area contributed by atoms with Gasteiger partial charge in [0.25, 0.3) is 0 Å². The average molecular weight is 469 g/mol. The minimum atomic E-state index is -1.93. The van der Waals surface area contributed by atoms with Crippen LogP contribution in [-0.2, 0) is 18.9 Å². The fourth-order valence-corrected chi connectivity index (χ4v) is 0.933. The van der Waals surface area contributed by atoms with Crippen LogP contribution in [0, 0.1) is 0 Å². The molecule has 0 aliphatic rings. The maximum atomic E-state index is 11.0. The summed E-state index contributed by atoms with van der Waals surface area (Å²) in [5, 5.41) is 5.15. The van der Waals surface area contributed by atoms with E-state index in [4.69, 9.17) is 69.6 Å².